The van der Waals surface area contributed by atoms with E-state index >= 15 is 0 Å². The van der Waals surface area contributed by atoms with Gasteiger partial charge in [0.05, 0.1) is 18.3 Å². The van der Waals surface area contributed by atoms with Gasteiger partial charge in [0.2, 0.25) is 5.91 Å². The average molecular weight is 293 g/mol. The molecule has 1 unspecified atom stereocenters. The largest absolute Gasteiger partial charge is 0.468 e. The van der Waals surface area contributed by atoms with E-state index in [1.807, 2.05) is 26.0 Å². The molecule has 2 rings (SSSR count). The van der Waals surface area contributed by atoms with E-state index in [0.717, 1.165) is 25.3 Å². The molecule has 0 aromatic carbocycles. The third-order valence-electron chi connectivity index (χ3n) is 4.48. The summed E-state index contributed by atoms with van der Waals surface area (Å²) in [6.45, 7) is 6.72. The van der Waals surface area contributed by atoms with E-state index in [4.69, 9.17) is 10.2 Å². The Kier molecular flexibility index (Phi) is 5.82. The second-order valence-electron chi connectivity index (χ2n) is 5.93. The Balaban J connectivity index is 1.95. The Morgan fingerprint density at radius 1 is 1.48 bits per heavy atom. The molecule has 1 aliphatic rings. The van der Waals surface area contributed by atoms with Crippen LogP contribution in [0.15, 0.2) is 22.8 Å². The van der Waals surface area contributed by atoms with Crippen LogP contribution in [0.3, 0.4) is 0 Å². The van der Waals surface area contributed by atoms with Gasteiger partial charge in [0, 0.05) is 6.54 Å². The van der Waals surface area contributed by atoms with E-state index < -0.39 is 6.04 Å². The molecule has 1 aromatic rings. The molecule has 1 amide bonds. The van der Waals surface area contributed by atoms with Crippen molar-refractivity contribution in [1.29, 1.82) is 0 Å². The summed E-state index contributed by atoms with van der Waals surface area (Å²) in [5, 5.41) is 3.00. The molecule has 0 bridgehead atoms. The first-order valence-corrected chi connectivity index (χ1v) is 7.94. The molecule has 0 saturated carbocycles. The average Bonchev–Trinajstić information content (AvgIpc) is 3.19. The van der Waals surface area contributed by atoms with E-state index in [9.17, 15) is 4.79 Å². The number of amides is 1. The predicted octanol–water partition coefficient (Wildman–Crippen LogP) is 1.91. The lowest BCUT2D eigenvalue weighted by Crippen LogP contribution is -2.47. The fraction of sp³-hybridized carbons (Fsp3) is 0.688. The first-order valence-electron chi connectivity index (χ1n) is 7.94. The Morgan fingerprint density at radius 2 is 2.19 bits per heavy atom. The van der Waals surface area contributed by atoms with Gasteiger partial charge in [-0.2, -0.15) is 0 Å². The molecule has 1 aliphatic heterocycles. The van der Waals surface area contributed by atoms with Crippen LogP contribution in [0.1, 0.15) is 44.9 Å². The summed E-state index contributed by atoms with van der Waals surface area (Å²) in [6, 6.07) is 3.54. The number of nitrogens with two attached hydrogens (primary N) is 1. The maximum Gasteiger partial charge on any atom is 0.237 e. The Morgan fingerprint density at radius 3 is 2.76 bits per heavy atom. The molecule has 3 atom stereocenters. The first kappa shape index (κ1) is 16.0. The highest BCUT2D eigenvalue weighted by Crippen LogP contribution is 2.24. The standard InChI is InChI=1S/C16H27N3O2/c1-3-12(2)15(17)16(20)18-11-13(14-7-6-10-21-14)19-8-4-5-9-19/h6-7,10,12-13,15H,3-5,8-9,11,17H2,1-2H3,(H,18,20)/t12-,13?,15-/m0/s1. The van der Waals surface area contributed by atoms with E-state index in [0.29, 0.717) is 6.54 Å². The van der Waals surface area contributed by atoms with Crippen LogP contribution in [0.4, 0.5) is 0 Å². The molecule has 5 nitrogen and oxygen atoms in total. The minimum Gasteiger partial charge on any atom is -0.468 e. The molecule has 21 heavy (non-hydrogen) atoms. The Bertz CT molecular complexity index is 427. The van der Waals surface area contributed by atoms with Gasteiger partial charge in [0.15, 0.2) is 0 Å². The molecule has 3 N–H and O–H groups in total. The van der Waals surface area contributed by atoms with Crippen molar-refractivity contribution in [2.75, 3.05) is 19.6 Å². The number of hydrogen-bond acceptors (Lipinski definition) is 4. The lowest BCUT2D eigenvalue weighted by Gasteiger charge is -2.27. The van der Waals surface area contributed by atoms with Crippen molar-refractivity contribution in [3.05, 3.63) is 24.2 Å². The highest BCUT2D eigenvalue weighted by molar-refractivity contribution is 5.81. The van der Waals surface area contributed by atoms with Gasteiger partial charge in [-0.15, -0.1) is 0 Å². The molecule has 1 aromatic heterocycles. The molecule has 5 heteroatoms. The van der Waals surface area contributed by atoms with Crippen LogP contribution < -0.4 is 11.1 Å². The van der Waals surface area contributed by atoms with Gasteiger partial charge in [0.1, 0.15) is 5.76 Å². The second kappa shape index (κ2) is 7.61. The van der Waals surface area contributed by atoms with Gasteiger partial charge < -0.3 is 15.5 Å². The zero-order valence-corrected chi connectivity index (χ0v) is 13.0. The third-order valence-corrected chi connectivity index (χ3v) is 4.48. The van der Waals surface area contributed by atoms with Crippen LogP contribution in [0.25, 0.3) is 0 Å². The normalized spacial score (nSPS) is 20.1. The summed E-state index contributed by atoms with van der Waals surface area (Å²) >= 11 is 0. The molecule has 0 aliphatic carbocycles. The summed E-state index contributed by atoms with van der Waals surface area (Å²) in [5.74, 6) is 1.04. The highest BCUT2D eigenvalue weighted by atomic mass is 16.3. The zero-order valence-electron chi connectivity index (χ0n) is 13.0. The Labute approximate surface area is 126 Å². The van der Waals surface area contributed by atoms with Gasteiger partial charge in [-0.1, -0.05) is 20.3 Å². The van der Waals surface area contributed by atoms with Gasteiger partial charge in [-0.25, -0.2) is 0 Å². The van der Waals surface area contributed by atoms with Crippen molar-refractivity contribution >= 4 is 5.91 Å². The molecule has 2 heterocycles. The summed E-state index contributed by atoms with van der Waals surface area (Å²) in [7, 11) is 0. The fourth-order valence-electron chi connectivity index (χ4n) is 2.77. The highest BCUT2D eigenvalue weighted by Gasteiger charge is 2.27. The predicted molar refractivity (Wildman–Crippen MR) is 82.7 cm³/mol. The van der Waals surface area contributed by atoms with Gasteiger partial charge in [0.25, 0.3) is 0 Å². The SMILES string of the molecule is CC[C@H](C)[C@H](N)C(=O)NCC(c1ccco1)N1CCCC1. The maximum absolute atomic E-state index is 12.1. The Hall–Kier alpha value is -1.33. The summed E-state index contributed by atoms with van der Waals surface area (Å²) in [6.07, 6.45) is 5.00. The van der Waals surface area contributed by atoms with Gasteiger partial charge in [-0.3, -0.25) is 9.69 Å². The van der Waals surface area contributed by atoms with E-state index in [2.05, 4.69) is 10.2 Å². The number of carbonyl (C=O) groups is 1. The number of likely N-dealkylation sites (tertiary alicyclic amines) is 1. The fourth-order valence-corrected chi connectivity index (χ4v) is 2.77. The van der Waals surface area contributed by atoms with Crippen molar-refractivity contribution < 1.29 is 9.21 Å². The summed E-state index contributed by atoms with van der Waals surface area (Å²) < 4.78 is 5.55. The maximum atomic E-state index is 12.1. The van der Waals surface area contributed by atoms with Crippen LogP contribution >= 0.6 is 0 Å². The van der Waals surface area contributed by atoms with Gasteiger partial charge >= 0.3 is 0 Å². The monoisotopic (exact) mass is 293 g/mol. The van der Waals surface area contributed by atoms with Crippen molar-refractivity contribution in [2.45, 2.75) is 45.2 Å². The van der Waals surface area contributed by atoms with Crippen molar-refractivity contribution in [1.82, 2.24) is 10.2 Å². The quantitative estimate of drug-likeness (QED) is 0.805. The molecular weight excluding hydrogens is 266 g/mol. The number of hydrogen-bond donors (Lipinski definition) is 2. The van der Waals surface area contributed by atoms with E-state index in [-0.39, 0.29) is 17.9 Å². The molecular formula is C16H27N3O2. The number of carbonyl (C=O) groups excluding carboxylic acids is 1. The topological polar surface area (TPSA) is 71.5 Å². The number of nitrogens with one attached hydrogen (secondary N) is 1. The van der Waals surface area contributed by atoms with E-state index in [1.165, 1.54) is 12.8 Å². The lowest BCUT2D eigenvalue weighted by atomic mass is 9.99. The number of rotatable bonds is 7. The lowest BCUT2D eigenvalue weighted by molar-refractivity contribution is -0.123. The smallest absolute Gasteiger partial charge is 0.237 e. The second-order valence-corrected chi connectivity index (χ2v) is 5.93. The molecule has 1 saturated heterocycles. The van der Waals surface area contributed by atoms with Crippen LogP contribution in [-0.2, 0) is 4.79 Å². The van der Waals surface area contributed by atoms with Crippen LogP contribution in [0.2, 0.25) is 0 Å². The molecule has 0 spiro atoms. The van der Waals surface area contributed by atoms with Gasteiger partial charge in [-0.05, 0) is 44.0 Å². The van der Waals surface area contributed by atoms with Crippen molar-refractivity contribution in [3.8, 4) is 0 Å². The molecule has 1 fully saturated rings. The third kappa shape index (κ3) is 4.08. The number of furan rings is 1. The first-order chi connectivity index (χ1) is 10.1. The number of nitrogens with zero attached hydrogens (tertiary/aromatic N) is 1. The van der Waals surface area contributed by atoms with E-state index in [1.54, 1.807) is 6.26 Å². The van der Waals surface area contributed by atoms with Crippen molar-refractivity contribution in [2.24, 2.45) is 11.7 Å². The molecule has 0 radical (unpaired) electrons. The van der Waals surface area contributed by atoms with Crippen LogP contribution in [0.5, 0.6) is 0 Å². The summed E-state index contributed by atoms with van der Waals surface area (Å²) in [4.78, 5) is 14.5. The van der Waals surface area contributed by atoms with Crippen molar-refractivity contribution in [3.63, 3.8) is 0 Å². The minimum atomic E-state index is -0.439. The molecule has 118 valence electrons. The zero-order chi connectivity index (χ0) is 15.2. The summed E-state index contributed by atoms with van der Waals surface area (Å²) in [5.41, 5.74) is 5.98. The van der Waals surface area contributed by atoms with Crippen LogP contribution in [0, 0.1) is 5.92 Å². The minimum absolute atomic E-state index is 0.0693. The van der Waals surface area contributed by atoms with Crippen LogP contribution in [-0.4, -0.2) is 36.5 Å².